The van der Waals surface area contributed by atoms with E-state index in [1.54, 1.807) is 12.5 Å². The molecule has 6 atom stereocenters. The monoisotopic (exact) mass is 359 g/mol. The molecule has 3 fully saturated rings. The SMILES string of the molecule is CCCO/N=C1\C=C2CCC3C(CCC4C3CCC4(O)C(C)=O)C2CC1. The predicted octanol–water partition coefficient (Wildman–Crippen LogP) is 4.27. The molecule has 0 aromatic heterocycles. The number of rotatable bonds is 4. The summed E-state index contributed by atoms with van der Waals surface area (Å²) in [4.78, 5) is 17.5. The molecule has 4 aliphatic carbocycles. The summed E-state index contributed by atoms with van der Waals surface area (Å²) < 4.78 is 0. The molecule has 0 heterocycles. The number of fused-ring (bicyclic) bond motifs is 5. The summed E-state index contributed by atoms with van der Waals surface area (Å²) in [5.74, 6) is 2.86. The van der Waals surface area contributed by atoms with Gasteiger partial charge in [0.1, 0.15) is 12.2 Å². The van der Waals surface area contributed by atoms with Crippen LogP contribution in [0, 0.1) is 29.6 Å². The number of hydrogen-bond acceptors (Lipinski definition) is 4. The van der Waals surface area contributed by atoms with E-state index in [1.807, 2.05) is 0 Å². The van der Waals surface area contributed by atoms with Crippen LogP contribution in [0.3, 0.4) is 0 Å². The molecule has 3 saturated carbocycles. The molecule has 0 saturated heterocycles. The van der Waals surface area contributed by atoms with Crippen LogP contribution in [0.15, 0.2) is 16.8 Å². The zero-order chi connectivity index (χ0) is 18.3. The predicted molar refractivity (Wildman–Crippen MR) is 102 cm³/mol. The quantitative estimate of drug-likeness (QED) is 0.602. The number of oxime groups is 1. The van der Waals surface area contributed by atoms with Gasteiger partial charge in [-0.25, -0.2) is 0 Å². The fourth-order valence-corrected chi connectivity index (χ4v) is 6.61. The molecule has 4 nitrogen and oxygen atoms in total. The van der Waals surface area contributed by atoms with Gasteiger partial charge in [0.2, 0.25) is 0 Å². The number of ketones is 1. The van der Waals surface area contributed by atoms with Gasteiger partial charge >= 0.3 is 0 Å². The molecule has 4 heteroatoms. The Morgan fingerprint density at radius 3 is 2.81 bits per heavy atom. The average molecular weight is 360 g/mol. The summed E-state index contributed by atoms with van der Waals surface area (Å²) in [6, 6.07) is 0. The molecule has 0 aliphatic heterocycles. The molecule has 1 N–H and O–H groups in total. The maximum Gasteiger partial charge on any atom is 0.161 e. The molecule has 0 amide bonds. The fraction of sp³-hybridized carbons (Fsp3) is 0.818. The van der Waals surface area contributed by atoms with Crippen LogP contribution in [0.5, 0.6) is 0 Å². The van der Waals surface area contributed by atoms with Crippen LogP contribution in [-0.2, 0) is 9.63 Å². The van der Waals surface area contributed by atoms with Crippen molar-refractivity contribution in [3.05, 3.63) is 11.6 Å². The summed E-state index contributed by atoms with van der Waals surface area (Å²) in [5.41, 5.74) is 1.66. The van der Waals surface area contributed by atoms with Gasteiger partial charge in [0.05, 0.1) is 5.71 Å². The van der Waals surface area contributed by atoms with Gasteiger partial charge < -0.3 is 9.94 Å². The molecule has 26 heavy (non-hydrogen) atoms. The van der Waals surface area contributed by atoms with E-state index in [-0.39, 0.29) is 11.7 Å². The van der Waals surface area contributed by atoms with E-state index in [0.29, 0.717) is 30.8 Å². The molecule has 0 spiro atoms. The van der Waals surface area contributed by atoms with Gasteiger partial charge in [0, 0.05) is 0 Å². The van der Waals surface area contributed by atoms with Gasteiger partial charge in [-0.2, -0.15) is 0 Å². The highest BCUT2D eigenvalue weighted by Gasteiger charge is 2.57. The topological polar surface area (TPSA) is 58.9 Å². The molecular formula is C22H33NO3. The molecule has 0 radical (unpaired) electrons. The Labute approximate surface area is 157 Å². The lowest BCUT2D eigenvalue weighted by molar-refractivity contribution is -0.142. The lowest BCUT2D eigenvalue weighted by Crippen LogP contribution is -2.48. The van der Waals surface area contributed by atoms with Crippen LogP contribution in [0.4, 0.5) is 0 Å². The number of hydrogen-bond donors (Lipinski definition) is 1. The van der Waals surface area contributed by atoms with Crippen molar-refractivity contribution >= 4 is 11.5 Å². The third-order valence-corrected chi connectivity index (χ3v) is 7.81. The van der Waals surface area contributed by atoms with E-state index in [4.69, 9.17) is 4.84 Å². The van der Waals surface area contributed by atoms with Crippen molar-refractivity contribution in [2.45, 2.75) is 77.2 Å². The second-order valence-corrected chi connectivity index (χ2v) is 9.01. The van der Waals surface area contributed by atoms with E-state index < -0.39 is 5.60 Å². The molecule has 0 bridgehead atoms. The molecule has 4 rings (SSSR count). The lowest BCUT2D eigenvalue weighted by Gasteiger charge is -2.50. The molecule has 4 aliphatic rings. The molecule has 0 aromatic rings. The van der Waals surface area contributed by atoms with Crippen molar-refractivity contribution in [2.75, 3.05) is 6.61 Å². The Balaban J connectivity index is 1.49. The fourth-order valence-electron chi connectivity index (χ4n) is 6.61. The smallest absolute Gasteiger partial charge is 0.161 e. The first-order valence-electron chi connectivity index (χ1n) is 10.7. The highest BCUT2D eigenvalue weighted by atomic mass is 16.6. The van der Waals surface area contributed by atoms with Crippen LogP contribution in [-0.4, -0.2) is 28.8 Å². The van der Waals surface area contributed by atoms with Crippen LogP contribution in [0.25, 0.3) is 0 Å². The Bertz CT molecular complexity index is 625. The number of carbonyl (C=O) groups is 1. The Hall–Kier alpha value is -1.16. The van der Waals surface area contributed by atoms with E-state index >= 15 is 0 Å². The first-order chi connectivity index (χ1) is 12.5. The number of nitrogens with zero attached hydrogens (tertiary/aromatic N) is 1. The third-order valence-electron chi connectivity index (χ3n) is 7.81. The molecule has 6 unspecified atom stereocenters. The number of Topliss-reactive ketones (excluding diaryl/α,β-unsaturated/α-hetero) is 1. The Morgan fingerprint density at radius 2 is 2.04 bits per heavy atom. The first kappa shape index (κ1) is 18.2. The van der Waals surface area contributed by atoms with Gasteiger partial charge in [-0.1, -0.05) is 17.7 Å². The maximum atomic E-state index is 12.1. The van der Waals surface area contributed by atoms with Crippen LogP contribution in [0.2, 0.25) is 0 Å². The molecule has 144 valence electrons. The van der Waals surface area contributed by atoms with Gasteiger partial charge in [0.15, 0.2) is 5.78 Å². The van der Waals surface area contributed by atoms with Crippen molar-refractivity contribution in [3.8, 4) is 0 Å². The minimum absolute atomic E-state index is 0.00885. The average Bonchev–Trinajstić information content (AvgIpc) is 3.00. The third kappa shape index (κ3) is 2.94. The van der Waals surface area contributed by atoms with Crippen LogP contribution in [0.1, 0.15) is 71.6 Å². The van der Waals surface area contributed by atoms with Crippen molar-refractivity contribution in [1.82, 2.24) is 0 Å². The summed E-state index contributed by atoms with van der Waals surface area (Å²) in [6.45, 7) is 4.38. The standard InChI is InChI=1S/C22H33NO3/c1-3-12-26-23-16-5-7-17-15(13-16)4-6-19-18(17)8-9-21-20(19)10-11-22(21,25)14(2)24/h13,17-21,25H,3-12H2,1-2H3/b23-16-. The summed E-state index contributed by atoms with van der Waals surface area (Å²) in [7, 11) is 0. The van der Waals surface area contributed by atoms with E-state index in [9.17, 15) is 9.90 Å². The van der Waals surface area contributed by atoms with Crippen LogP contribution < -0.4 is 0 Å². The van der Waals surface area contributed by atoms with Crippen molar-refractivity contribution in [3.63, 3.8) is 0 Å². The van der Waals surface area contributed by atoms with E-state index in [2.05, 4.69) is 18.2 Å². The Morgan fingerprint density at radius 1 is 1.19 bits per heavy atom. The summed E-state index contributed by atoms with van der Waals surface area (Å²) in [5, 5.41) is 15.3. The molecule has 0 aromatic carbocycles. The van der Waals surface area contributed by atoms with Crippen LogP contribution >= 0.6 is 0 Å². The first-order valence-corrected chi connectivity index (χ1v) is 10.7. The Kier molecular flexibility index (Phi) is 4.98. The summed E-state index contributed by atoms with van der Waals surface area (Å²) in [6.07, 6.45) is 11.8. The zero-order valence-corrected chi connectivity index (χ0v) is 16.2. The van der Waals surface area contributed by atoms with Gasteiger partial charge in [-0.3, -0.25) is 4.79 Å². The second kappa shape index (κ2) is 7.10. The van der Waals surface area contributed by atoms with Crippen molar-refractivity contribution in [1.29, 1.82) is 0 Å². The minimum atomic E-state index is -1.03. The van der Waals surface area contributed by atoms with Gasteiger partial charge in [-0.05, 0) is 100 Å². The zero-order valence-electron chi connectivity index (χ0n) is 16.2. The number of carbonyl (C=O) groups excluding carboxylic acids is 1. The molecular weight excluding hydrogens is 326 g/mol. The number of aliphatic hydroxyl groups is 1. The highest BCUT2D eigenvalue weighted by molar-refractivity contribution is 5.96. The van der Waals surface area contributed by atoms with E-state index in [0.717, 1.165) is 43.7 Å². The number of allylic oxidation sites excluding steroid dienone is 2. The van der Waals surface area contributed by atoms with E-state index in [1.165, 1.54) is 19.3 Å². The van der Waals surface area contributed by atoms with Crippen molar-refractivity contribution < 1.29 is 14.7 Å². The van der Waals surface area contributed by atoms with Gasteiger partial charge in [-0.15, -0.1) is 0 Å². The largest absolute Gasteiger partial charge is 0.396 e. The highest BCUT2D eigenvalue weighted by Crippen LogP contribution is 2.59. The maximum absolute atomic E-state index is 12.1. The minimum Gasteiger partial charge on any atom is -0.396 e. The van der Waals surface area contributed by atoms with Gasteiger partial charge in [0.25, 0.3) is 0 Å². The lowest BCUT2D eigenvalue weighted by atomic mass is 9.55. The van der Waals surface area contributed by atoms with Crippen molar-refractivity contribution in [2.24, 2.45) is 34.7 Å². The second-order valence-electron chi connectivity index (χ2n) is 9.01. The normalized spacial score (nSPS) is 43.3. The summed E-state index contributed by atoms with van der Waals surface area (Å²) >= 11 is 0.